The van der Waals surface area contributed by atoms with Gasteiger partial charge in [0.05, 0.1) is 18.6 Å². The Labute approximate surface area is 164 Å². The summed E-state index contributed by atoms with van der Waals surface area (Å²) >= 11 is 1.74. The number of thioether (sulfide) groups is 1. The molecule has 1 aromatic carbocycles. The van der Waals surface area contributed by atoms with Gasteiger partial charge in [-0.2, -0.15) is 5.10 Å². The zero-order chi connectivity index (χ0) is 18.5. The summed E-state index contributed by atoms with van der Waals surface area (Å²) in [5.74, 6) is 2.52. The second kappa shape index (κ2) is 8.57. The largest absolute Gasteiger partial charge is 0.355 e. The van der Waals surface area contributed by atoms with Crippen molar-refractivity contribution in [2.75, 3.05) is 18.0 Å². The fourth-order valence-corrected chi connectivity index (χ4v) is 4.30. The van der Waals surface area contributed by atoms with Crippen LogP contribution in [0.15, 0.2) is 60.1 Å². The van der Waals surface area contributed by atoms with Crippen LogP contribution in [0.4, 0.5) is 5.82 Å². The van der Waals surface area contributed by atoms with E-state index in [0.29, 0.717) is 5.92 Å². The minimum absolute atomic E-state index is 0.602. The van der Waals surface area contributed by atoms with E-state index in [1.54, 1.807) is 11.8 Å². The molecule has 2 aromatic heterocycles. The molecule has 0 unspecified atom stereocenters. The molecule has 0 bridgehead atoms. The molecule has 3 heterocycles. The molecule has 5 nitrogen and oxygen atoms in total. The van der Waals surface area contributed by atoms with Crippen LogP contribution in [0.3, 0.4) is 0 Å². The lowest BCUT2D eigenvalue weighted by Crippen LogP contribution is -2.33. The van der Waals surface area contributed by atoms with E-state index < -0.39 is 0 Å². The Kier molecular flexibility index (Phi) is 5.72. The molecule has 1 aliphatic rings. The summed E-state index contributed by atoms with van der Waals surface area (Å²) in [7, 11) is 0. The quantitative estimate of drug-likeness (QED) is 0.595. The van der Waals surface area contributed by atoms with Gasteiger partial charge in [-0.3, -0.25) is 9.67 Å². The lowest BCUT2D eigenvalue weighted by molar-refractivity contribution is 0.501. The summed E-state index contributed by atoms with van der Waals surface area (Å²) in [4.78, 5) is 11.6. The summed E-state index contributed by atoms with van der Waals surface area (Å²) in [5, 5.41) is 5.41. The molecule has 1 saturated heterocycles. The van der Waals surface area contributed by atoms with E-state index in [1.165, 1.54) is 11.1 Å². The van der Waals surface area contributed by atoms with Crippen molar-refractivity contribution in [3.05, 3.63) is 66.2 Å². The molecule has 0 spiro atoms. The smallest absolute Gasteiger partial charge is 0.148 e. The highest BCUT2D eigenvalue weighted by atomic mass is 32.2. The van der Waals surface area contributed by atoms with Gasteiger partial charge in [0.1, 0.15) is 10.8 Å². The zero-order valence-corrected chi connectivity index (χ0v) is 16.5. The first-order chi connectivity index (χ1) is 13.3. The van der Waals surface area contributed by atoms with Gasteiger partial charge < -0.3 is 4.90 Å². The molecular formula is C21H25N5S. The molecule has 0 saturated carbocycles. The van der Waals surface area contributed by atoms with Crippen LogP contribution in [-0.4, -0.2) is 32.8 Å². The van der Waals surface area contributed by atoms with Gasteiger partial charge in [-0.05, 0) is 36.8 Å². The third-order valence-electron chi connectivity index (χ3n) is 5.10. The molecule has 0 radical (unpaired) electrons. The average Bonchev–Trinajstić information content (AvgIpc) is 3.23. The Hall–Kier alpha value is -2.34. The normalized spacial score (nSPS) is 15.2. The van der Waals surface area contributed by atoms with Gasteiger partial charge in [-0.1, -0.05) is 30.3 Å². The summed E-state index contributed by atoms with van der Waals surface area (Å²) in [5.41, 5.74) is 2.68. The van der Waals surface area contributed by atoms with Gasteiger partial charge in [0.2, 0.25) is 0 Å². The van der Waals surface area contributed by atoms with Gasteiger partial charge in [-0.15, -0.1) is 11.8 Å². The number of anilines is 1. The lowest BCUT2D eigenvalue weighted by atomic mass is 9.91. The predicted molar refractivity (Wildman–Crippen MR) is 110 cm³/mol. The molecule has 0 amide bonds. The number of aryl methyl sites for hydroxylation is 1. The molecule has 6 heteroatoms. The van der Waals surface area contributed by atoms with E-state index in [4.69, 9.17) is 4.98 Å². The first kappa shape index (κ1) is 18.0. The molecule has 0 aliphatic carbocycles. The lowest BCUT2D eigenvalue weighted by Gasteiger charge is -2.32. The molecule has 1 aliphatic heterocycles. The predicted octanol–water partition coefficient (Wildman–Crippen LogP) is 4.37. The maximum absolute atomic E-state index is 4.84. The van der Waals surface area contributed by atoms with E-state index in [2.05, 4.69) is 52.4 Å². The number of hydrogen-bond donors (Lipinski definition) is 0. The first-order valence-electron chi connectivity index (χ1n) is 9.58. The Bertz CT molecular complexity index is 856. The Morgan fingerprint density at radius 3 is 2.63 bits per heavy atom. The molecule has 4 rings (SSSR count). The third kappa shape index (κ3) is 4.50. The monoisotopic (exact) mass is 379 g/mol. The molecule has 1 fully saturated rings. The summed E-state index contributed by atoms with van der Waals surface area (Å²) in [6.45, 7) is 5.09. The van der Waals surface area contributed by atoms with E-state index in [-0.39, 0.29) is 0 Å². The van der Waals surface area contributed by atoms with Gasteiger partial charge >= 0.3 is 0 Å². The van der Waals surface area contributed by atoms with Crippen LogP contribution in [0.2, 0.25) is 0 Å². The third-order valence-corrected chi connectivity index (χ3v) is 6.07. The minimum atomic E-state index is 0.602. The van der Waals surface area contributed by atoms with Crippen molar-refractivity contribution in [3.63, 3.8) is 0 Å². The van der Waals surface area contributed by atoms with E-state index in [1.807, 2.05) is 29.3 Å². The van der Waals surface area contributed by atoms with Gasteiger partial charge in [0, 0.05) is 31.6 Å². The van der Waals surface area contributed by atoms with Crippen molar-refractivity contribution in [1.29, 1.82) is 0 Å². The first-order valence-corrected chi connectivity index (χ1v) is 10.6. The van der Waals surface area contributed by atoms with Crippen LogP contribution in [0, 0.1) is 0 Å². The number of aromatic nitrogens is 4. The van der Waals surface area contributed by atoms with E-state index >= 15 is 0 Å². The highest BCUT2D eigenvalue weighted by Gasteiger charge is 2.22. The van der Waals surface area contributed by atoms with E-state index in [9.17, 15) is 0 Å². The molecule has 27 heavy (non-hydrogen) atoms. The number of hydrogen-bond acceptors (Lipinski definition) is 5. The van der Waals surface area contributed by atoms with E-state index in [0.717, 1.165) is 49.1 Å². The number of benzene rings is 1. The standard InChI is InChI=1S/C21H25N5S/c1-2-26-15-19(12-23-26)18-8-10-25(11-9-18)20-13-22-14-21(24-20)27-16-17-6-4-3-5-7-17/h3-7,12-15,18H,2,8-11,16H2,1H3. The fraction of sp³-hybridized carbons (Fsp3) is 0.381. The Morgan fingerprint density at radius 2 is 1.89 bits per heavy atom. The molecule has 3 aromatic rings. The zero-order valence-electron chi connectivity index (χ0n) is 15.7. The second-order valence-corrected chi connectivity index (χ2v) is 7.88. The highest BCUT2D eigenvalue weighted by molar-refractivity contribution is 7.98. The summed E-state index contributed by atoms with van der Waals surface area (Å²) < 4.78 is 2.01. The summed E-state index contributed by atoms with van der Waals surface area (Å²) in [6, 6.07) is 10.5. The summed E-state index contributed by atoms with van der Waals surface area (Å²) in [6.07, 6.45) is 10.3. The second-order valence-electron chi connectivity index (χ2n) is 6.88. The van der Waals surface area contributed by atoms with Gasteiger partial charge in [0.25, 0.3) is 0 Å². The maximum atomic E-state index is 4.84. The van der Waals surface area contributed by atoms with Crippen LogP contribution < -0.4 is 4.90 Å². The van der Waals surface area contributed by atoms with Crippen LogP contribution in [0.5, 0.6) is 0 Å². The van der Waals surface area contributed by atoms with Crippen molar-refractivity contribution in [2.45, 2.75) is 43.0 Å². The maximum Gasteiger partial charge on any atom is 0.148 e. The van der Waals surface area contributed by atoms with Crippen LogP contribution in [0.25, 0.3) is 0 Å². The Balaban J connectivity index is 1.35. The van der Waals surface area contributed by atoms with Gasteiger partial charge in [0.15, 0.2) is 0 Å². The van der Waals surface area contributed by atoms with Crippen molar-refractivity contribution in [1.82, 2.24) is 19.7 Å². The molecule has 140 valence electrons. The molecule has 0 atom stereocenters. The number of piperidine rings is 1. The van der Waals surface area contributed by atoms with Gasteiger partial charge in [-0.25, -0.2) is 4.98 Å². The molecule has 0 N–H and O–H groups in total. The van der Waals surface area contributed by atoms with Crippen LogP contribution >= 0.6 is 11.8 Å². The van der Waals surface area contributed by atoms with Crippen LogP contribution in [0.1, 0.15) is 36.8 Å². The fourth-order valence-electron chi connectivity index (χ4n) is 3.50. The minimum Gasteiger partial charge on any atom is -0.355 e. The van der Waals surface area contributed by atoms with Crippen molar-refractivity contribution in [3.8, 4) is 0 Å². The topological polar surface area (TPSA) is 46.8 Å². The van der Waals surface area contributed by atoms with Crippen LogP contribution in [-0.2, 0) is 12.3 Å². The SMILES string of the molecule is CCn1cc(C2CCN(c3cncc(SCc4ccccc4)n3)CC2)cn1. The van der Waals surface area contributed by atoms with Crippen molar-refractivity contribution in [2.24, 2.45) is 0 Å². The van der Waals surface area contributed by atoms with Crippen molar-refractivity contribution >= 4 is 17.6 Å². The van der Waals surface area contributed by atoms with Crippen molar-refractivity contribution < 1.29 is 0 Å². The Morgan fingerprint density at radius 1 is 1.07 bits per heavy atom. The molecular weight excluding hydrogens is 354 g/mol. The number of rotatable bonds is 6. The number of nitrogens with zero attached hydrogens (tertiary/aromatic N) is 5. The average molecular weight is 380 g/mol. The highest BCUT2D eigenvalue weighted by Crippen LogP contribution is 2.30.